The van der Waals surface area contributed by atoms with E-state index in [4.69, 9.17) is 0 Å². The second-order valence-electron chi connectivity index (χ2n) is 6.04. The molecule has 1 aromatic heterocycles. The van der Waals surface area contributed by atoms with Gasteiger partial charge in [0.25, 0.3) is 0 Å². The number of aromatic nitrogens is 3. The SMILES string of the molecule is CCNC(Cc1ncnn1CC)CC1CCCCCC1. The number of rotatable bonds is 7. The van der Waals surface area contributed by atoms with Crippen molar-refractivity contribution < 1.29 is 0 Å². The van der Waals surface area contributed by atoms with Gasteiger partial charge in [0.2, 0.25) is 0 Å². The fourth-order valence-corrected chi connectivity index (χ4v) is 3.46. The van der Waals surface area contributed by atoms with Gasteiger partial charge in [-0.05, 0) is 25.8 Å². The predicted molar refractivity (Wildman–Crippen MR) is 82.7 cm³/mol. The Balaban J connectivity index is 1.92. The molecule has 1 atom stereocenters. The zero-order chi connectivity index (χ0) is 14.2. The lowest BCUT2D eigenvalue weighted by molar-refractivity contribution is 0.347. The van der Waals surface area contributed by atoms with Crippen molar-refractivity contribution in [2.24, 2.45) is 5.92 Å². The first-order chi connectivity index (χ1) is 9.83. The number of aryl methyl sites for hydroxylation is 1. The summed E-state index contributed by atoms with van der Waals surface area (Å²) in [5.74, 6) is 2.03. The van der Waals surface area contributed by atoms with Gasteiger partial charge in [0, 0.05) is 19.0 Å². The molecule has 1 aliphatic carbocycles. The van der Waals surface area contributed by atoms with Crippen LogP contribution >= 0.6 is 0 Å². The number of nitrogens with one attached hydrogen (secondary N) is 1. The highest BCUT2D eigenvalue weighted by Gasteiger charge is 2.19. The van der Waals surface area contributed by atoms with E-state index in [1.54, 1.807) is 6.33 Å². The average molecular weight is 278 g/mol. The molecule has 20 heavy (non-hydrogen) atoms. The normalized spacial score (nSPS) is 18.9. The van der Waals surface area contributed by atoms with Gasteiger partial charge in [0.1, 0.15) is 12.2 Å². The minimum atomic E-state index is 0.553. The Kier molecular flexibility index (Phi) is 6.51. The molecule has 4 heteroatoms. The highest BCUT2D eigenvalue weighted by atomic mass is 15.3. The molecule has 1 saturated carbocycles. The largest absolute Gasteiger partial charge is 0.314 e. The van der Waals surface area contributed by atoms with E-state index in [0.717, 1.165) is 31.3 Å². The summed E-state index contributed by atoms with van der Waals surface area (Å²) in [4.78, 5) is 4.43. The molecule has 0 radical (unpaired) electrons. The number of nitrogens with zero attached hydrogens (tertiary/aromatic N) is 3. The van der Waals surface area contributed by atoms with Gasteiger partial charge in [0.15, 0.2) is 0 Å². The first-order valence-corrected chi connectivity index (χ1v) is 8.43. The summed E-state index contributed by atoms with van der Waals surface area (Å²) in [6.45, 7) is 6.28. The highest BCUT2D eigenvalue weighted by molar-refractivity contribution is 4.90. The molecule has 0 spiro atoms. The molecule has 0 bridgehead atoms. The molecular formula is C16H30N4. The van der Waals surface area contributed by atoms with Gasteiger partial charge in [-0.2, -0.15) is 5.10 Å². The van der Waals surface area contributed by atoms with E-state index in [1.807, 2.05) is 4.68 Å². The van der Waals surface area contributed by atoms with E-state index in [9.17, 15) is 0 Å². The van der Waals surface area contributed by atoms with Crippen molar-refractivity contribution in [2.45, 2.75) is 77.8 Å². The predicted octanol–water partition coefficient (Wildman–Crippen LogP) is 3.18. The Morgan fingerprint density at radius 1 is 1.25 bits per heavy atom. The van der Waals surface area contributed by atoms with Gasteiger partial charge in [-0.1, -0.05) is 45.4 Å². The van der Waals surface area contributed by atoms with E-state index in [0.29, 0.717) is 6.04 Å². The molecule has 1 aliphatic rings. The minimum Gasteiger partial charge on any atom is -0.314 e. The fraction of sp³-hybridized carbons (Fsp3) is 0.875. The van der Waals surface area contributed by atoms with Crippen molar-refractivity contribution in [1.29, 1.82) is 0 Å². The summed E-state index contributed by atoms with van der Waals surface area (Å²) >= 11 is 0. The van der Waals surface area contributed by atoms with E-state index in [1.165, 1.54) is 44.9 Å². The standard InChI is InChI=1S/C16H30N4/c1-3-17-15(11-14-9-7-5-6-8-10-14)12-16-18-13-19-20(16)4-2/h13-15,17H,3-12H2,1-2H3. The Hall–Kier alpha value is -0.900. The summed E-state index contributed by atoms with van der Waals surface area (Å²) < 4.78 is 2.03. The zero-order valence-electron chi connectivity index (χ0n) is 13.1. The molecule has 0 amide bonds. The maximum Gasteiger partial charge on any atom is 0.138 e. The van der Waals surface area contributed by atoms with Gasteiger partial charge in [-0.15, -0.1) is 0 Å². The topological polar surface area (TPSA) is 42.7 Å². The summed E-state index contributed by atoms with van der Waals surface area (Å²) in [5, 5.41) is 7.95. The van der Waals surface area contributed by atoms with Gasteiger partial charge in [0.05, 0.1) is 0 Å². The van der Waals surface area contributed by atoms with E-state index in [-0.39, 0.29) is 0 Å². The fourth-order valence-electron chi connectivity index (χ4n) is 3.46. The highest BCUT2D eigenvalue weighted by Crippen LogP contribution is 2.27. The molecule has 1 fully saturated rings. The van der Waals surface area contributed by atoms with Crippen molar-refractivity contribution in [1.82, 2.24) is 20.1 Å². The summed E-state index contributed by atoms with van der Waals surface area (Å²) in [6, 6.07) is 0.553. The monoisotopic (exact) mass is 278 g/mol. The summed E-state index contributed by atoms with van der Waals surface area (Å²) in [5.41, 5.74) is 0. The third-order valence-electron chi connectivity index (χ3n) is 4.51. The molecule has 2 rings (SSSR count). The van der Waals surface area contributed by atoms with Crippen LogP contribution in [0.5, 0.6) is 0 Å². The summed E-state index contributed by atoms with van der Waals surface area (Å²) in [7, 11) is 0. The van der Waals surface area contributed by atoms with Crippen LogP contribution in [0.2, 0.25) is 0 Å². The lowest BCUT2D eigenvalue weighted by atomic mass is 9.91. The van der Waals surface area contributed by atoms with Crippen LogP contribution in [0, 0.1) is 5.92 Å². The maximum absolute atomic E-state index is 4.43. The number of likely N-dealkylation sites (N-methyl/N-ethyl adjacent to an activating group) is 1. The Morgan fingerprint density at radius 3 is 2.65 bits per heavy atom. The van der Waals surface area contributed by atoms with Crippen LogP contribution < -0.4 is 5.32 Å². The molecule has 1 unspecified atom stereocenters. The summed E-state index contributed by atoms with van der Waals surface area (Å²) in [6.07, 6.45) is 12.6. The van der Waals surface area contributed by atoms with Gasteiger partial charge in [-0.25, -0.2) is 4.98 Å². The molecule has 4 nitrogen and oxygen atoms in total. The third-order valence-corrected chi connectivity index (χ3v) is 4.51. The molecule has 114 valence electrons. The van der Waals surface area contributed by atoms with Gasteiger partial charge < -0.3 is 5.32 Å². The van der Waals surface area contributed by atoms with Crippen molar-refractivity contribution in [3.63, 3.8) is 0 Å². The van der Waals surface area contributed by atoms with Crippen LogP contribution in [0.1, 0.15) is 64.6 Å². The van der Waals surface area contributed by atoms with Crippen molar-refractivity contribution in [2.75, 3.05) is 6.54 Å². The first-order valence-electron chi connectivity index (χ1n) is 8.43. The lowest BCUT2D eigenvalue weighted by Gasteiger charge is -2.23. The third kappa shape index (κ3) is 4.58. The van der Waals surface area contributed by atoms with Crippen LogP contribution in [-0.4, -0.2) is 27.4 Å². The molecular weight excluding hydrogens is 248 g/mol. The van der Waals surface area contributed by atoms with Crippen molar-refractivity contribution >= 4 is 0 Å². The molecule has 0 aliphatic heterocycles. The molecule has 1 N–H and O–H groups in total. The van der Waals surface area contributed by atoms with Crippen molar-refractivity contribution in [3.05, 3.63) is 12.2 Å². The van der Waals surface area contributed by atoms with Gasteiger partial charge in [-0.3, -0.25) is 4.68 Å². The van der Waals surface area contributed by atoms with E-state index < -0.39 is 0 Å². The molecule has 0 aromatic carbocycles. The van der Waals surface area contributed by atoms with Crippen LogP contribution in [-0.2, 0) is 13.0 Å². The smallest absolute Gasteiger partial charge is 0.138 e. The van der Waals surface area contributed by atoms with Gasteiger partial charge >= 0.3 is 0 Å². The van der Waals surface area contributed by atoms with Crippen LogP contribution in [0.25, 0.3) is 0 Å². The second-order valence-corrected chi connectivity index (χ2v) is 6.04. The van der Waals surface area contributed by atoms with Crippen LogP contribution in [0.3, 0.4) is 0 Å². The van der Waals surface area contributed by atoms with Crippen molar-refractivity contribution in [3.8, 4) is 0 Å². The average Bonchev–Trinajstić information content (AvgIpc) is 2.73. The van der Waals surface area contributed by atoms with E-state index in [2.05, 4.69) is 29.2 Å². The van der Waals surface area contributed by atoms with Crippen LogP contribution in [0.15, 0.2) is 6.33 Å². The number of hydrogen-bond acceptors (Lipinski definition) is 3. The second kappa shape index (κ2) is 8.40. The quantitative estimate of drug-likeness (QED) is 0.779. The molecule has 1 heterocycles. The maximum atomic E-state index is 4.43. The lowest BCUT2D eigenvalue weighted by Crippen LogP contribution is -2.34. The Bertz CT molecular complexity index is 366. The molecule has 1 aromatic rings. The minimum absolute atomic E-state index is 0.553. The Morgan fingerprint density at radius 2 is 2.00 bits per heavy atom. The van der Waals surface area contributed by atoms with Crippen LogP contribution in [0.4, 0.5) is 0 Å². The zero-order valence-corrected chi connectivity index (χ0v) is 13.1. The Labute approximate surface area is 123 Å². The van der Waals surface area contributed by atoms with E-state index >= 15 is 0 Å². The number of hydrogen-bond donors (Lipinski definition) is 1. The first kappa shape index (κ1) is 15.5. The molecule has 0 saturated heterocycles.